The highest BCUT2D eigenvalue weighted by Gasteiger charge is 2.38. The summed E-state index contributed by atoms with van der Waals surface area (Å²) in [6.07, 6.45) is -8.29. The van der Waals surface area contributed by atoms with Crippen LogP contribution in [0.4, 0.5) is 22.0 Å². The van der Waals surface area contributed by atoms with Crippen LogP contribution in [0.3, 0.4) is 0 Å². The number of nitrogens with two attached hydrogens (primary N) is 1. The average molecular weight is 325 g/mol. The Hall–Kier alpha value is -1.00. The molecule has 0 unspecified atom stereocenters. The first kappa shape index (κ1) is 16.1. The summed E-state index contributed by atoms with van der Waals surface area (Å²) in [7, 11) is 0.0354. The zero-order chi connectivity index (χ0) is 15.0. The van der Waals surface area contributed by atoms with Crippen molar-refractivity contribution in [2.24, 2.45) is 5.73 Å². The minimum atomic E-state index is -4.99. The van der Waals surface area contributed by atoms with Crippen molar-refractivity contribution >= 4 is 19.7 Å². The van der Waals surface area contributed by atoms with E-state index in [9.17, 15) is 30.4 Å². The van der Waals surface area contributed by atoms with Crippen molar-refractivity contribution in [2.45, 2.75) is 24.0 Å². The second-order valence-corrected chi connectivity index (χ2v) is 5.81. The van der Waals surface area contributed by atoms with E-state index < -0.39 is 49.9 Å². The number of halogens is 6. The fourth-order valence-corrected chi connectivity index (χ4v) is 2.82. The summed E-state index contributed by atoms with van der Waals surface area (Å²) in [5, 5.41) is 0. The molecule has 4 nitrogen and oxygen atoms in total. The Morgan fingerprint density at radius 3 is 2.21 bits per heavy atom. The maximum atomic E-state index is 12.6. The number of hydrogen-bond acceptors (Lipinski definition) is 4. The highest BCUT2D eigenvalue weighted by Crippen LogP contribution is 2.38. The third-order valence-corrected chi connectivity index (χ3v) is 3.53. The Labute approximate surface area is 108 Å². The molecule has 0 saturated carbocycles. The molecular formula is C8H6ClF5N2O2S. The van der Waals surface area contributed by atoms with Crippen molar-refractivity contribution in [3.63, 3.8) is 0 Å². The van der Waals surface area contributed by atoms with Crippen molar-refractivity contribution < 1.29 is 30.4 Å². The van der Waals surface area contributed by atoms with Gasteiger partial charge < -0.3 is 5.73 Å². The largest absolute Gasteiger partial charge is 0.418 e. The lowest BCUT2D eigenvalue weighted by Crippen LogP contribution is -2.18. The van der Waals surface area contributed by atoms with Crippen molar-refractivity contribution in [3.8, 4) is 0 Å². The first-order valence-electron chi connectivity index (χ1n) is 4.52. The molecule has 0 bridgehead atoms. The van der Waals surface area contributed by atoms with E-state index in [-0.39, 0.29) is 6.20 Å². The monoisotopic (exact) mass is 324 g/mol. The predicted molar refractivity (Wildman–Crippen MR) is 55.1 cm³/mol. The molecule has 0 radical (unpaired) electrons. The normalized spacial score (nSPS) is 13.1. The topological polar surface area (TPSA) is 73.0 Å². The van der Waals surface area contributed by atoms with Crippen LogP contribution in [-0.2, 0) is 21.8 Å². The van der Waals surface area contributed by atoms with Crippen molar-refractivity contribution in [1.82, 2.24) is 4.98 Å². The van der Waals surface area contributed by atoms with Gasteiger partial charge in [0.1, 0.15) is 10.6 Å². The van der Waals surface area contributed by atoms with Crippen LogP contribution < -0.4 is 5.73 Å². The van der Waals surface area contributed by atoms with Crippen molar-refractivity contribution in [3.05, 3.63) is 23.0 Å². The van der Waals surface area contributed by atoms with E-state index >= 15 is 0 Å². The number of hydrogen-bond donors (Lipinski definition) is 1. The second-order valence-electron chi connectivity index (χ2n) is 3.31. The van der Waals surface area contributed by atoms with Gasteiger partial charge in [0.15, 0.2) is 0 Å². The van der Waals surface area contributed by atoms with E-state index in [0.717, 1.165) is 0 Å². The van der Waals surface area contributed by atoms with Crippen LogP contribution in [0.15, 0.2) is 11.1 Å². The van der Waals surface area contributed by atoms with Crippen molar-refractivity contribution in [1.29, 1.82) is 0 Å². The lowest BCUT2D eigenvalue weighted by atomic mass is 10.1. The van der Waals surface area contributed by atoms with Gasteiger partial charge >= 0.3 is 6.18 Å². The summed E-state index contributed by atoms with van der Waals surface area (Å²) in [5.41, 5.74) is 1.11. The number of aromatic nitrogens is 1. The van der Waals surface area contributed by atoms with Gasteiger partial charge in [-0.1, -0.05) is 0 Å². The van der Waals surface area contributed by atoms with Gasteiger partial charge in [0.05, 0.1) is 5.56 Å². The van der Waals surface area contributed by atoms with Crippen LogP contribution in [0.5, 0.6) is 0 Å². The molecule has 0 aliphatic carbocycles. The summed E-state index contributed by atoms with van der Waals surface area (Å²) in [4.78, 5) is 1.44. The summed E-state index contributed by atoms with van der Waals surface area (Å²) in [6, 6.07) is 0. The van der Waals surface area contributed by atoms with E-state index in [0.29, 0.717) is 0 Å². The molecule has 1 rings (SSSR count). The number of alkyl halides is 5. The molecule has 0 saturated heterocycles. The fraction of sp³-hybridized carbons (Fsp3) is 0.375. The van der Waals surface area contributed by atoms with E-state index in [1.54, 1.807) is 0 Å². The quantitative estimate of drug-likeness (QED) is 0.684. The molecule has 2 N–H and O–H groups in total. The first-order valence-corrected chi connectivity index (χ1v) is 6.83. The third-order valence-electron chi connectivity index (χ3n) is 2.12. The molecule has 0 atom stereocenters. The summed E-state index contributed by atoms with van der Waals surface area (Å²) >= 11 is 0. The van der Waals surface area contributed by atoms with Gasteiger partial charge in [-0.15, -0.1) is 0 Å². The average Bonchev–Trinajstić information content (AvgIpc) is 2.24. The summed E-state index contributed by atoms with van der Waals surface area (Å²) < 4.78 is 85.4. The predicted octanol–water partition coefficient (Wildman–Crippen LogP) is 2.42. The van der Waals surface area contributed by atoms with Crippen LogP contribution in [0, 0.1) is 0 Å². The Bertz CT molecular complexity index is 588. The SMILES string of the molecule is NCc1c(C(F)(F)F)cnc(C(F)F)c1S(=O)(=O)Cl. The van der Waals surface area contributed by atoms with Crippen LogP contribution in [-0.4, -0.2) is 13.4 Å². The fourth-order valence-electron chi connectivity index (χ4n) is 1.42. The molecule has 19 heavy (non-hydrogen) atoms. The van der Waals surface area contributed by atoms with Crippen LogP contribution in [0.2, 0.25) is 0 Å². The van der Waals surface area contributed by atoms with Gasteiger partial charge in [0.2, 0.25) is 0 Å². The highest BCUT2D eigenvalue weighted by molar-refractivity contribution is 8.13. The third kappa shape index (κ3) is 3.31. The molecule has 0 fully saturated rings. The van der Waals surface area contributed by atoms with Crippen LogP contribution in [0.25, 0.3) is 0 Å². The Morgan fingerprint density at radius 2 is 1.89 bits per heavy atom. The van der Waals surface area contributed by atoms with Gasteiger partial charge in [-0.3, -0.25) is 4.98 Å². The van der Waals surface area contributed by atoms with Crippen molar-refractivity contribution in [2.75, 3.05) is 0 Å². The summed E-state index contributed by atoms with van der Waals surface area (Å²) in [6.45, 7) is -0.932. The first-order chi connectivity index (χ1) is 8.50. The zero-order valence-electron chi connectivity index (χ0n) is 8.88. The van der Waals surface area contributed by atoms with E-state index in [2.05, 4.69) is 4.98 Å². The van der Waals surface area contributed by atoms with Gasteiger partial charge in [0, 0.05) is 29.0 Å². The van der Waals surface area contributed by atoms with Crippen LogP contribution in [0.1, 0.15) is 23.2 Å². The lowest BCUT2D eigenvalue weighted by molar-refractivity contribution is -0.138. The summed E-state index contributed by atoms with van der Waals surface area (Å²) in [5.74, 6) is 0. The molecule has 0 aromatic carbocycles. The molecule has 1 aromatic rings. The molecule has 108 valence electrons. The minimum Gasteiger partial charge on any atom is -0.326 e. The van der Waals surface area contributed by atoms with Gasteiger partial charge in [-0.05, 0) is 0 Å². The maximum Gasteiger partial charge on any atom is 0.418 e. The molecular weight excluding hydrogens is 319 g/mol. The number of nitrogens with zero attached hydrogens (tertiary/aromatic N) is 1. The van der Waals surface area contributed by atoms with Gasteiger partial charge in [-0.25, -0.2) is 17.2 Å². The standard InChI is InChI=1S/C8H6ClF5N2O2S/c9-19(17,18)6-3(1-15)4(8(12,13)14)2-16-5(6)7(10)11/h2,7H,1,15H2. The number of rotatable bonds is 3. The van der Waals surface area contributed by atoms with E-state index in [1.165, 1.54) is 0 Å². The highest BCUT2D eigenvalue weighted by atomic mass is 35.7. The molecule has 1 heterocycles. The Balaban J connectivity index is 3.81. The zero-order valence-corrected chi connectivity index (χ0v) is 10.5. The lowest BCUT2D eigenvalue weighted by Gasteiger charge is -2.16. The Kier molecular flexibility index (Phi) is 4.37. The molecule has 0 aliphatic rings. The van der Waals surface area contributed by atoms with Gasteiger partial charge in [0.25, 0.3) is 15.5 Å². The molecule has 0 amide bonds. The maximum absolute atomic E-state index is 12.6. The van der Waals surface area contributed by atoms with Crippen LogP contribution >= 0.6 is 10.7 Å². The Morgan fingerprint density at radius 1 is 1.37 bits per heavy atom. The number of pyridine rings is 1. The van der Waals surface area contributed by atoms with E-state index in [1.807, 2.05) is 0 Å². The van der Waals surface area contributed by atoms with Gasteiger partial charge in [-0.2, -0.15) is 13.2 Å². The molecule has 0 spiro atoms. The van der Waals surface area contributed by atoms with E-state index in [4.69, 9.17) is 16.4 Å². The molecule has 1 aromatic heterocycles. The molecule has 11 heteroatoms. The smallest absolute Gasteiger partial charge is 0.326 e. The second kappa shape index (κ2) is 5.17. The minimum absolute atomic E-state index is 0.106. The molecule has 0 aliphatic heterocycles.